The number of fused-ring (bicyclic) bond motifs is 2. The summed E-state index contributed by atoms with van der Waals surface area (Å²) in [6, 6.07) is 14.2. The molecule has 2 aromatic carbocycles. The fourth-order valence-electron chi connectivity index (χ4n) is 4.76. The van der Waals surface area contributed by atoms with Crippen LogP contribution in [0.3, 0.4) is 0 Å². The maximum absolute atomic E-state index is 12.7. The first-order valence-electron chi connectivity index (χ1n) is 9.73. The van der Waals surface area contributed by atoms with Gasteiger partial charge in [0.15, 0.2) is 0 Å². The van der Waals surface area contributed by atoms with Gasteiger partial charge in [-0.05, 0) is 54.0 Å². The van der Waals surface area contributed by atoms with E-state index in [9.17, 15) is 9.59 Å². The third-order valence-electron chi connectivity index (χ3n) is 6.17. The number of benzene rings is 2. The smallest absolute Gasteiger partial charge is 0.251 e. The number of piperidine rings is 1. The summed E-state index contributed by atoms with van der Waals surface area (Å²) in [5.74, 6) is 1.20. The van der Waals surface area contributed by atoms with Crippen LogP contribution < -0.4 is 10.6 Å². The lowest BCUT2D eigenvalue weighted by Crippen LogP contribution is -2.55. The fraction of sp³-hybridized carbons (Fsp3) is 0.455. The van der Waals surface area contributed by atoms with Crippen molar-refractivity contribution >= 4 is 22.6 Å². The molecular weight excluding hydrogens is 324 g/mol. The highest BCUT2D eigenvalue weighted by Crippen LogP contribution is 2.37. The number of carbonyl (C=O) groups excluding carboxylic acids is 2. The van der Waals surface area contributed by atoms with Crippen LogP contribution in [0.5, 0.6) is 0 Å². The van der Waals surface area contributed by atoms with Gasteiger partial charge in [0, 0.05) is 24.1 Å². The van der Waals surface area contributed by atoms with Crippen LogP contribution in [0, 0.1) is 11.8 Å². The summed E-state index contributed by atoms with van der Waals surface area (Å²) in [5, 5.41) is 8.57. The second-order valence-corrected chi connectivity index (χ2v) is 7.76. The molecule has 1 aliphatic heterocycles. The molecule has 1 heterocycles. The Balaban J connectivity index is 1.44. The zero-order chi connectivity index (χ0) is 18.1. The molecule has 2 aromatic rings. The third kappa shape index (κ3) is 3.33. The van der Waals surface area contributed by atoms with Crippen molar-refractivity contribution in [3.05, 3.63) is 48.0 Å². The minimum atomic E-state index is -0.0200. The number of carbonyl (C=O) groups is 2. The van der Waals surface area contributed by atoms with Gasteiger partial charge in [0.25, 0.3) is 5.91 Å². The standard InChI is InChI=1S/C22H26N2O2/c1-2-14-12-21(25)24-20-13-18(9-10-19(14)20)23-22(26)17-8-7-15-5-3-4-6-16(15)11-17/h3-8,11,14,18-20H,2,9-10,12-13H2,1H3,(H,23,26)(H,24,25). The highest BCUT2D eigenvalue weighted by atomic mass is 16.2. The zero-order valence-electron chi connectivity index (χ0n) is 15.2. The molecule has 2 fully saturated rings. The topological polar surface area (TPSA) is 58.2 Å². The molecular formula is C22H26N2O2. The summed E-state index contributed by atoms with van der Waals surface area (Å²) in [7, 11) is 0. The summed E-state index contributed by atoms with van der Waals surface area (Å²) in [6.45, 7) is 2.17. The predicted molar refractivity (Wildman–Crippen MR) is 103 cm³/mol. The number of rotatable bonds is 3. The Bertz CT molecular complexity index is 832. The lowest BCUT2D eigenvalue weighted by Gasteiger charge is -2.44. The number of amides is 2. The Morgan fingerprint density at radius 2 is 1.96 bits per heavy atom. The molecule has 0 spiro atoms. The van der Waals surface area contributed by atoms with Gasteiger partial charge in [-0.1, -0.05) is 43.7 Å². The van der Waals surface area contributed by atoms with Crippen LogP contribution in [0.1, 0.15) is 49.4 Å². The monoisotopic (exact) mass is 350 g/mol. The number of nitrogens with one attached hydrogen (secondary N) is 2. The quantitative estimate of drug-likeness (QED) is 0.888. The van der Waals surface area contributed by atoms with Gasteiger partial charge in [0.2, 0.25) is 5.91 Å². The second-order valence-electron chi connectivity index (χ2n) is 7.76. The van der Waals surface area contributed by atoms with E-state index in [-0.39, 0.29) is 23.9 Å². The summed E-state index contributed by atoms with van der Waals surface area (Å²) < 4.78 is 0. The summed E-state index contributed by atoms with van der Waals surface area (Å²) in [4.78, 5) is 24.7. The van der Waals surface area contributed by atoms with Gasteiger partial charge in [0.05, 0.1) is 0 Å². The lowest BCUT2D eigenvalue weighted by atomic mass is 9.70. The Hall–Kier alpha value is -2.36. The molecule has 1 saturated heterocycles. The summed E-state index contributed by atoms with van der Waals surface area (Å²) in [5.41, 5.74) is 0.699. The first kappa shape index (κ1) is 17.1. The Labute approximate surface area is 154 Å². The minimum absolute atomic E-state index is 0.0200. The van der Waals surface area contributed by atoms with Gasteiger partial charge in [-0.3, -0.25) is 9.59 Å². The first-order chi connectivity index (χ1) is 12.6. The van der Waals surface area contributed by atoms with E-state index in [1.165, 1.54) is 0 Å². The predicted octanol–water partition coefficient (Wildman–Crippen LogP) is 3.65. The van der Waals surface area contributed by atoms with Crippen LogP contribution in [0.2, 0.25) is 0 Å². The Morgan fingerprint density at radius 3 is 2.77 bits per heavy atom. The fourth-order valence-corrected chi connectivity index (χ4v) is 4.76. The van der Waals surface area contributed by atoms with Crippen molar-refractivity contribution in [1.82, 2.24) is 10.6 Å². The SMILES string of the molecule is CCC1CC(=O)NC2CC(NC(=O)c3ccc4ccccc4c3)CCC12. The normalized spacial score (nSPS) is 28.3. The molecule has 1 saturated carbocycles. The zero-order valence-corrected chi connectivity index (χ0v) is 15.2. The van der Waals surface area contributed by atoms with E-state index in [2.05, 4.69) is 17.6 Å². The largest absolute Gasteiger partial charge is 0.353 e. The van der Waals surface area contributed by atoms with E-state index in [1.54, 1.807) is 0 Å². The molecule has 2 amide bonds. The molecule has 0 bridgehead atoms. The molecule has 2 N–H and O–H groups in total. The van der Waals surface area contributed by atoms with Crippen molar-refractivity contribution in [2.45, 2.75) is 51.1 Å². The van der Waals surface area contributed by atoms with Crippen LogP contribution in [0.15, 0.2) is 42.5 Å². The van der Waals surface area contributed by atoms with Gasteiger partial charge in [-0.2, -0.15) is 0 Å². The Kier molecular flexibility index (Phi) is 4.66. The number of hydrogen-bond donors (Lipinski definition) is 2. The van der Waals surface area contributed by atoms with Crippen LogP contribution in [0.4, 0.5) is 0 Å². The molecule has 4 unspecified atom stereocenters. The molecule has 0 aromatic heterocycles. The molecule has 2 aliphatic rings. The molecule has 136 valence electrons. The molecule has 4 atom stereocenters. The molecule has 0 radical (unpaired) electrons. The first-order valence-corrected chi connectivity index (χ1v) is 9.73. The van der Waals surface area contributed by atoms with E-state index in [1.807, 2.05) is 42.5 Å². The highest BCUT2D eigenvalue weighted by molar-refractivity contribution is 5.98. The second kappa shape index (κ2) is 7.10. The maximum atomic E-state index is 12.7. The average molecular weight is 350 g/mol. The van der Waals surface area contributed by atoms with Crippen molar-refractivity contribution < 1.29 is 9.59 Å². The minimum Gasteiger partial charge on any atom is -0.353 e. The average Bonchev–Trinajstić information content (AvgIpc) is 2.66. The lowest BCUT2D eigenvalue weighted by molar-refractivity contribution is -0.127. The molecule has 26 heavy (non-hydrogen) atoms. The molecule has 1 aliphatic carbocycles. The van der Waals surface area contributed by atoms with Crippen molar-refractivity contribution in [3.8, 4) is 0 Å². The summed E-state index contributed by atoms with van der Waals surface area (Å²) >= 11 is 0. The number of hydrogen-bond acceptors (Lipinski definition) is 2. The van der Waals surface area contributed by atoms with Gasteiger partial charge < -0.3 is 10.6 Å². The molecule has 4 nitrogen and oxygen atoms in total. The van der Waals surface area contributed by atoms with Gasteiger partial charge in [-0.25, -0.2) is 0 Å². The van der Waals surface area contributed by atoms with Crippen molar-refractivity contribution in [1.29, 1.82) is 0 Å². The van der Waals surface area contributed by atoms with Crippen molar-refractivity contribution in [2.24, 2.45) is 11.8 Å². The van der Waals surface area contributed by atoms with Crippen molar-refractivity contribution in [2.75, 3.05) is 0 Å². The van der Waals surface area contributed by atoms with Crippen LogP contribution in [-0.4, -0.2) is 23.9 Å². The van der Waals surface area contributed by atoms with Crippen LogP contribution in [0.25, 0.3) is 10.8 Å². The van der Waals surface area contributed by atoms with Gasteiger partial charge in [-0.15, -0.1) is 0 Å². The van der Waals surface area contributed by atoms with E-state index in [0.717, 1.165) is 36.5 Å². The van der Waals surface area contributed by atoms with Crippen molar-refractivity contribution in [3.63, 3.8) is 0 Å². The van der Waals surface area contributed by atoms with E-state index >= 15 is 0 Å². The molecule has 4 heteroatoms. The van der Waals surface area contributed by atoms with E-state index < -0.39 is 0 Å². The summed E-state index contributed by atoms with van der Waals surface area (Å²) in [6.07, 6.45) is 4.62. The molecule has 4 rings (SSSR count). The van der Waals surface area contributed by atoms with E-state index in [0.29, 0.717) is 23.8 Å². The van der Waals surface area contributed by atoms with E-state index in [4.69, 9.17) is 0 Å². The van der Waals surface area contributed by atoms with Gasteiger partial charge in [0.1, 0.15) is 0 Å². The highest BCUT2D eigenvalue weighted by Gasteiger charge is 2.40. The van der Waals surface area contributed by atoms with Crippen LogP contribution >= 0.6 is 0 Å². The maximum Gasteiger partial charge on any atom is 0.251 e. The third-order valence-corrected chi connectivity index (χ3v) is 6.17. The Morgan fingerprint density at radius 1 is 1.15 bits per heavy atom. The van der Waals surface area contributed by atoms with Crippen LogP contribution in [-0.2, 0) is 4.79 Å². The van der Waals surface area contributed by atoms with Gasteiger partial charge >= 0.3 is 0 Å².